The van der Waals surface area contributed by atoms with Crippen LogP contribution in [0, 0.1) is 5.92 Å². The van der Waals surface area contributed by atoms with Crippen molar-refractivity contribution in [1.82, 2.24) is 4.90 Å². The molecule has 0 bridgehead atoms. The molecule has 0 aliphatic carbocycles. The molecule has 1 saturated heterocycles. The van der Waals surface area contributed by atoms with Crippen LogP contribution in [-0.4, -0.2) is 36.2 Å². The highest BCUT2D eigenvalue weighted by Crippen LogP contribution is 2.27. The van der Waals surface area contributed by atoms with Gasteiger partial charge in [-0.1, -0.05) is 33.6 Å². The van der Waals surface area contributed by atoms with Gasteiger partial charge < -0.3 is 15.7 Å². The smallest absolute Gasteiger partial charge is 0.0464 e. The summed E-state index contributed by atoms with van der Waals surface area (Å²) in [5, 5.41) is 9.80. The zero-order valence-electron chi connectivity index (χ0n) is 12.3. The monoisotopic (exact) mass is 374 g/mol. The van der Waals surface area contributed by atoms with Crippen LogP contribution in [0.4, 0.5) is 0 Å². The topological polar surface area (TPSA) is 49.5 Å². The van der Waals surface area contributed by atoms with Gasteiger partial charge in [-0.3, -0.25) is 0 Å². The maximum Gasteiger partial charge on any atom is 0.0464 e. The van der Waals surface area contributed by atoms with Crippen molar-refractivity contribution in [2.24, 2.45) is 11.7 Å². The van der Waals surface area contributed by atoms with E-state index in [1.807, 2.05) is 18.2 Å². The van der Waals surface area contributed by atoms with Gasteiger partial charge in [-0.15, -0.1) is 0 Å². The fourth-order valence-corrected chi connectivity index (χ4v) is 3.87. The third-order valence-electron chi connectivity index (χ3n) is 4.26. The average Bonchev–Trinajstić information content (AvgIpc) is 2.45. The molecule has 5 heteroatoms. The van der Waals surface area contributed by atoms with Gasteiger partial charge in [-0.25, -0.2) is 0 Å². The molecule has 2 unspecified atom stereocenters. The first-order valence-electron chi connectivity index (χ1n) is 7.64. The second-order valence-electron chi connectivity index (χ2n) is 5.88. The predicted molar refractivity (Wildman–Crippen MR) is 91.6 cm³/mol. The summed E-state index contributed by atoms with van der Waals surface area (Å²) in [6.45, 7) is 3.52. The molecule has 2 atom stereocenters. The van der Waals surface area contributed by atoms with Crippen LogP contribution in [-0.2, 0) is 0 Å². The number of nitrogens with two attached hydrogens (primary N) is 1. The Morgan fingerprint density at radius 1 is 1.48 bits per heavy atom. The van der Waals surface area contributed by atoms with Crippen LogP contribution in [0.5, 0.6) is 0 Å². The van der Waals surface area contributed by atoms with Crippen LogP contribution in [0.3, 0.4) is 0 Å². The van der Waals surface area contributed by atoms with E-state index >= 15 is 0 Å². The van der Waals surface area contributed by atoms with Gasteiger partial charge in [-0.2, -0.15) is 0 Å². The SMILES string of the molecule is NC(CCN1CCCC(CCO)C1)c1ccc(Br)cc1Cl. The third-order valence-corrected chi connectivity index (χ3v) is 5.08. The summed E-state index contributed by atoms with van der Waals surface area (Å²) in [5.41, 5.74) is 7.31. The molecular weight excluding hydrogens is 352 g/mol. The zero-order chi connectivity index (χ0) is 15.2. The Morgan fingerprint density at radius 3 is 3.00 bits per heavy atom. The van der Waals surface area contributed by atoms with Gasteiger partial charge in [0, 0.05) is 28.7 Å². The lowest BCUT2D eigenvalue weighted by Crippen LogP contribution is -2.37. The molecule has 3 N–H and O–H groups in total. The Hall–Kier alpha value is -0.130. The normalized spacial score (nSPS) is 21.4. The Bertz CT molecular complexity index is 456. The highest BCUT2D eigenvalue weighted by molar-refractivity contribution is 9.10. The molecule has 0 aromatic heterocycles. The number of nitrogens with zero attached hydrogens (tertiary/aromatic N) is 1. The van der Waals surface area contributed by atoms with Crippen molar-refractivity contribution in [3.63, 3.8) is 0 Å². The van der Waals surface area contributed by atoms with Gasteiger partial charge in [0.25, 0.3) is 0 Å². The molecule has 0 spiro atoms. The van der Waals surface area contributed by atoms with Gasteiger partial charge in [0.1, 0.15) is 0 Å². The summed E-state index contributed by atoms with van der Waals surface area (Å²) in [4.78, 5) is 2.47. The lowest BCUT2D eigenvalue weighted by atomic mass is 9.94. The Morgan fingerprint density at radius 2 is 2.29 bits per heavy atom. The molecule has 0 saturated carbocycles. The van der Waals surface area contributed by atoms with Crippen LogP contribution in [0.1, 0.15) is 37.3 Å². The quantitative estimate of drug-likeness (QED) is 0.799. The van der Waals surface area contributed by atoms with Gasteiger partial charge in [-0.05, 0) is 62.4 Å². The third kappa shape index (κ3) is 5.22. The van der Waals surface area contributed by atoms with Crippen molar-refractivity contribution in [3.05, 3.63) is 33.3 Å². The first-order chi connectivity index (χ1) is 10.1. The number of aliphatic hydroxyl groups excluding tert-OH is 1. The molecule has 1 aromatic rings. The van der Waals surface area contributed by atoms with Crippen LogP contribution >= 0.6 is 27.5 Å². The maximum absolute atomic E-state index is 9.07. The predicted octanol–water partition coefficient (Wildman–Crippen LogP) is 3.59. The molecule has 1 aliphatic heterocycles. The number of aliphatic hydroxyl groups is 1. The number of hydrogen-bond donors (Lipinski definition) is 2. The molecule has 21 heavy (non-hydrogen) atoms. The standard InChI is InChI=1S/C16H24BrClN2O/c17-13-3-4-14(15(18)10-13)16(19)5-8-20-7-1-2-12(11-20)6-9-21/h3-4,10,12,16,21H,1-2,5-9,11,19H2. The Balaban J connectivity index is 1.84. The second-order valence-corrected chi connectivity index (χ2v) is 7.21. The molecule has 1 aliphatic rings. The summed E-state index contributed by atoms with van der Waals surface area (Å²) in [6.07, 6.45) is 4.29. The van der Waals surface area contributed by atoms with Crippen molar-refractivity contribution >= 4 is 27.5 Å². The molecule has 0 amide bonds. The number of hydrogen-bond acceptors (Lipinski definition) is 3. The lowest BCUT2D eigenvalue weighted by molar-refractivity contribution is 0.144. The molecule has 2 rings (SSSR count). The number of rotatable bonds is 6. The summed E-state index contributed by atoms with van der Waals surface area (Å²) in [6, 6.07) is 5.86. The van der Waals surface area contributed by atoms with E-state index in [0.717, 1.165) is 47.5 Å². The van der Waals surface area contributed by atoms with Gasteiger partial charge in [0.15, 0.2) is 0 Å². The van der Waals surface area contributed by atoms with Crippen LogP contribution in [0.2, 0.25) is 5.02 Å². The first-order valence-corrected chi connectivity index (χ1v) is 8.81. The van der Waals surface area contributed by atoms with Crippen LogP contribution < -0.4 is 5.73 Å². The largest absolute Gasteiger partial charge is 0.396 e. The van der Waals surface area contributed by atoms with Gasteiger partial charge >= 0.3 is 0 Å². The molecule has 1 aromatic carbocycles. The second kappa shape index (κ2) is 8.49. The number of halogens is 2. The minimum Gasteiger partial charge on any atom is -0.396 e. The fraction of sp³-hybridized carbons (Fsp3) is 0.625. The van der Waals surface area contributed by atoms with Gasteiger partial charge in [0.2, 0.25) is 0 Å². The van der Waals surface area contributed by atoms with Crippen molar-refractivity contribution in [3.8, 4) is 0 Å². The van der Waals surface area contributed by atoms with Crippen molar-refractivity contribution in [2.75, 3.05) is 26.2 Å². The van der Waals surface area contributed by atoms with E-state index in [4.69, 9.17) is 22.4 Å². The Kier molecular flexibility index (Phi) is 6.96. The van der Waals surface area contributed by atoms with E-state index in [1.165, 1.54) is 12.8 Å². The molecule has 1 heterocycles. The van der Waals surface area contributed by atoms with E-state index in [2.05, 4.69) is 20.8 Å². The average molecular weight is 376 g/mol. The highest BCUT2D eigenvalue weighted by Gasteiger charge is 2.20. The number of benzene rings is 1. The summed E-state index contributed by atoms with van der Waals surface area (Å²) in [7, 11) is 0. The molecule has 118 valence electrons. The van der Waals surface area contributed by atoms with Crippen molar-refractivity contribution in [2.45, 2.75) is 31.7 Å². The fourth-order valence-electron chi connectivity index (χ4n) is 3.05. The summed E-state index contributed by atoms with van der Waals surface area (Å²) in [5.74, 6) is 0.635. The minimum atomic E-state index is -0.0242. The van der Waals surface area contributed by atoms with E-state index < -0.39 is 0 Å². The van der Waals surface area contributed by atoms with Crippen LogP contribution in [0.15, 0.2) is 22.7 Å². The number of likely N-dealkylation sites (tertiary alicyclic amines) is 1. The van der Waals surface area contributed by atoms with E-state index in [9.17, 15) is 0 Å². The molecule has 1 fully saturated rings. The molecular formula is C16H24BrClN2O. The minimum absolute atomic E-state index is 0.0242. The first kappa shape index (κ1) is 17.2. The summed E-state index contributed by atoms with van der Waals surface area (Å²) >= 11 is 9.67. The summed E-state index contributed by atoms with van der Waals surface area (Å²) < 4.78 is 0.978. The van der Waals surface area contributed by atoms with Crippen molar-refractivity contribution in [1.29, 1.82) is 0 Å². The van der Waals surface area contributed by atoms with E-state index in [0.29, 0.717) is 12.5 Å². The van der Waals surface area contributed by atoms with Crippen LogP contribution in [0.25, 0.3) is 0 Å². The van der Waals surface area contributed by atoms with Gasteiger partial charge in [0.05, 0.1) is 0 Å². The zero-order valence-corrected chi connectivity index (χ0v) is 14.6. The number of piperidine rings is 1. The van der Waals surface area contributed by atoms with Crippen molar-refractivity contribution < 1.29 is 5.11 Å². The molecule has 0 radical (unpaired) electrons. The van der Waals surface area contributed by atoms with E-state index in [1.54, 1.807) is 0 Å². The molecule has 3 nitrogen and oxygen atoms in total. The maximum atomic E-state index is 9.07. The lowest BCUT2D eigenvalue weighted by Gasteiger charge is -2.33. The van der Waals surface area contributed by atoms with E-state index in [-0.39, 0.29) is 6.04 Å². The highest BCUT2D eigenvalue weighted by atomic mass is 79.9. The Labute approximate surface area is 140 Å².